The van der Waals surface area contributed by atoms with Crippen LogP contribution in [0.15, 0.2) is 47.6 Å². The minimum atomic E-state index is -0.977. The van der Waals surface area contributed by atoms with E-state index in [-0.39, 0.29) is 10.8 Å². The molecule has 9 rings (SSSR count). The molecule has 0 aromatic heterocycles. The van der Waals surface area contributed by atoms with Crippen LogP contribution < -0.4 is 0 Å². The SMILES string of the molecule is CC[C@]12CC[C@H]3[C@@H](CCC4=CC(=O)CC[C@@H]43)[C@@H]1CC[C@@]2(O)C#Cc1ccc(C#C[C@]2(O)CC[C@H]3[C@@H]4CCC5=CC(=O)CC[C@@H]5[C@H]4CC[C@@]32CC)cc1. The maximum atomic E-state index is 12.3. The first-order valence-corrected chi connectivity index (χ1v) is 21.2. The Hall–Kier alpha value is -2.92. The zero-order valence-corrected chi connectivity index (χ0v) is 31.5. The van der Waals surface area contributed by atoms with Gasteiger partial charge in [0.1, 0.15) is 11.2 Å². The maximum Gasteiger partial charge on any atom is 0.155 e. The van der Waals surface area contributed by atoms with Gasteiger partial charge in [0.2, 0.25) is 0 Å². The normalized spacial score (nSPS) is 44.5. The molecule has 4 heteroatoms. The Labute approximate surface area is 311 Å². The number of hydrogen-bond acceptors (Lipinski definition) is 4. The summed E-state index contributed by atoms with van der Waals surface area (Å²) in [5.41, 5.74) is 2.36. The summed E-state index contributed by atoms with van der Waals surface area (Å²) in [4.78, 5) is 24.3. The van der Waals surface area contributed by atoms with Crippen LogP contribution in [0, 0.1) is 81.9 Å². The average Bonchev–Trinajstić information content (AvgIpc) is 3.64. The van der Waals surface area contributed by atoms with Crippen molar-refractivity contribution in [3.63, 3.8) is 0 Å². The zero-order valence-electron chi connectivity index (χ0n) is 31.5. The fourth-order valence-electron chi connectivity index (χ4n) is 14.9. The number of hydrogen-bond donors (Lipinski definition) is 2. The highest BCUT2D eigenvalue weighted by Crippen LogP contribution is 2.67. The molecule has 0 radical (unpaired) electrons. The van der Waals surface area contributed by atoms with E-state index in [9.17, 15) is 19.8 Å². The van der Waals surface area contributed by atoms with Crippen LogP contribution in [0.1, 0.15) is 141 Å². The van der Waals surface area contributed by atoms with Crippen molar-refractivity contribution in [2.75, 3.05) is 0 Å². The van der Waals surface area contributed by atoms with Crippen LogP contribution in [-0.4, -0.2) is 33.0 Å². The molecule has 6 saturated carbocycles. The predicted molar refractivity (Wildman–Crippen MR) is 204 cm³/mol. The second-order valence-electron chi connectivity index (χ2n) is 18.6. The van der Waals surface area contributed by atoms with Gasteiger partial charge in [-0.05, 0) is 186 Å². The molecule has 52 heavy (non-hydrogen) atoms. The van der Waals surface area contributed by atoms with Gasteiger partial charge in [0.15, 0.2) is 11.6 Å². The summed E-state index contributed by atoms with van der Waals surface area (Å²) in [5, 5.41) is 24.7. The van der Waals surface area contributed by atoms with E-state index in [0.717, 1.165) is 114 Å². The highest BCUT2D eigenvalue weighted by Gasteiger charge is 2.65. The fourth-order valence-corrected chi connectivity index (χ4v) is 14.9. The molecule has 0 aliphatic heterocycles. The van der Waals surface area contributed by atoms with Crippen LogP contribution >= 0.6 is 0 Å². The number of carbonyl (C=O) groups is 2. The molecule has 0 amide bonds. The summed E-state index contributed by atoms with van der Waals surface area (Å²) in [6, 6.07) is 8.14. The van der Waals surface area contributed by atoms with Gasteiger partial charge in [-0.1, -0.05) is 48.7 Å². The van der Waals surface area contributed by atoms with E-state index in [1.807, 2.05) is 36.4 Å². The van der Waals surface area contributed by atoms with Crippen LogP contribution in [0.25, 0.3) is 0 Å². The summed E-state index contributed by atoms with van der Waals surface area (Å²) in [6.07, 6.45) is 21.6. The second-order valence-corrected chi connectivity index (χ2v) is 18.6. The molecule has 0 bridgehead atoms. The van der Waals surface area contributed by atoms with Gasteiger partial charge in [-0.3, -0.25) is 9.59 Å². The van der Waals surface area contributed by atoms with Crippen LogP contribution in [0.3, 0.4) is 0 Å². The van der Waals surface area contributed by atoms with Crippen LogP contribution in [0.4, 0.5) is 0 Å². The summed E-state index contributed by atoms with van der Waals surface area (Å²) in [7, 11) is 0. The maximum absolute atomic E-state index is 12.3. The third kappa shape index (κ3) is 5.17. The third-order valence-corrected chi connectivity index (χ3v) is 17.3. The van der Waals surface area contributed by atoms with Gasteiger partial charge in [-0.15, -0.1) is 0 Å². The molecule has 1 aromatic carbocycles. The minimum absolute atomic E-state index is 0.159. The van der Waals surface area contributed by atoms with Crippen molar-refractivity contribution in [1.82, 2.24) is 0 Å². The van der Waals surface area contributed by atoms with E-state index in [4.69, 9.17) is 0 Å². The largest absolute Gasteiger partial charge is 0.377 e. The van der Waals surface area contributed by atoms with Gasteiger partial charge in [0.25, 0.3) is 0 Å². The molecule has 8 aliphatic carbocycles. The lowest BCUT2D eigenvalue weighted by molar-refractivity contribution is -0.118. The predicted octanol–water partition coefficient (Wildman–Crippen LogP) is 8.92. The van der Waals surface area contributed by atoms with E-state index >= 15 is 0 Å². The number of fused-ring (bicyclic) bond motifs is 10. The van der Waals surface area contributed by atoms with Gasteiger partial charge in [0.05, 0.1) is 0 Å². The van der Waals surface area contributed by atoms with Gasteiger partial charge >= 0.3 is 0 Å². The van der Waals surface area contributed by atoms with Crippen molar-refractivity contribution in [2.24, 2.45) is 58.2 Å². The quantitative estimate of drug-likeness (QED) is 0.303. The Morgan fingerprint density at radius 3 is 1.38 bits per heavy atom. The molecule has 0 unspecified atom stereocenters. The first-order chi connectivity index (χ1) is 25.1. The van der Waals surface area contributed by atoms with Crippen molar-refractivity contribution in [2.45, 2.75) is 141 Å². The average molecular weight is 699 g/mol. The Morgan fingerprint density at radius 1 is 0.558 bits per heavy atom. The number of ketones is 2. The molecule has 274 valence electrons. The van der Waals surface area contributed by atoms with Crippen molar-refractivity contribution in [3.8, 4) is 23.7 Å². The molecule has 12 atom stereocenters. The van der Waals surface area contributed by atoms with E-state index in [2.05, 4.69) is 37.5 Å². The number of rotatable bonds is 2. The van der Waals surface area contributed by atoms with Crippen molar-refractivity contribution in [3.05, 3.63) is 58.7 Å². The molecular weight excluding hydrogens is 641 g/mol. The summed E-state index contributed by atoms with van der Waals surface area (Å²) < 4.78 is 0. The molecular formula is C48H58O4. The Bertz CT molecular complexity index is 1690. The highest BCUT2D eigenvalue weighted by atomic mass is 16.3. The van der Waals surface area contributed by atoms with Crippen molar-refractivity contribution >= 4 is 11.6 Å². The highest BCUT2D eigenvalue weighted by molar-refractivity contribution is 5.91. The van der Waals surface area contributed by atoms with E-state index in [0.29, 0.717) is 71.8 Å². The van der Waals surface area contributed by atoms with E-state index in [1.165, 1.54) is 11.1 Å². The summed E-state index contributed by atoms with van der Waals surface area (Å²) in [6.45, 7) is 4.53. The number of carbonyl (C=O) groups excluding carboxylic acids is 2. The summed E-state index contributed by atoms with van der Waals surface area (Å²) >= 11 is 0. The molecule has 4 nitrogen and oxygen atoms in total. The van der Waals surface area contributed by atoms with Crippen molar-refractivity contribution < 1.29 is 19.8 Å². The molecule has 0 spiro atoms. The number of aliphatic hydroxyl groups is 2. The van der Waals surface area contributed by atoms with Gasteiger partial charge in [-0.2, -0.15) is 0 Å². The third-order valence-electron chi connectivity index (χ3n) is 17.3. The Kier molecular flexibility index (Phi) is 8.60. The topological polar surface area (TPSA) is 74.6 Å². The lowest BCUT2D eigenvalue weighted by atomic mass is 9.49. The van der Waals surface area contributed by atoms with Gasteiger partial charge in [0, 0.05) is 34.8 Å². The first-order valence-electron chi connectivity index (χ1n) is 21.2. The van der Waals surface area contributed by atoms with Crippen LogP contribution in [-0.2, 0) is 9.59 Å². The fraction of sp³-hybridized carbons (Fsp3) is 0.667. The lowest BCUT2D eigenvalue weighted by Crippen LogP contribution is -2.53. The first kappa shape index (κ1) is 34.8. The minimum Gasteiger partial charge on any atom is -0.377 e. The zero-order chi connectivity index (χ0) is 35.9. The van der Waals surface area contributed by atoms with E-state index in [1.54, 1.807) is 0 Å². The second kappa shape index (κ2) is 12.8. The Balaban J connectivity index is 0.904. The molecule has 0 saturated heterocycles. The number of allylic oxidation sites excluding steroid dienone is 2. The standard InChI is InChI=1S/C48H58O4/c1-3-45-23-19-39-37-15-11-35(49)29-33(37)9-13-41(39)43(45)21-27-47(45,51)25-17-31-5-7-32(8-6-31)18-26-48(52)28-22-44-42-14-10-34-30-36(50)12-16-38(34)40(42)20-24-46(44,48)4-2/h5-8,29-30,37-44,51-52H,3-4,9-16,19-24,27-28H2,1-2H3/t37-,38-,39+,40+,41+,42+,43-,44-,45-,46-,47-,48-/m0/s1. The van der Waals surface area contributed by atoms with Crippen molar-refractivity contribution in [1.29, 1.82) is 0 Å². The molecule has 8 aliphatic rings. The smallest absolute Gasteiger partial charge is 0.155 e. The lowest BCUT2D eigenvalue weighted by Gasteiger charge is -2.56. The monoisotopic (exact) mass is 698 g/mol. The van der Waals surface area contributed by atoms with Gasteiger partial charge < -0.3 is 10.2 Å². The van der Waals surface area contributed by atoms with Crippen LogP contribution in [0.2, 0.25) is 0 Å². The molecule has 1 aromatic rings. The number of benzene rings is 1. The summed E-state index contributed by atoms with van der Waals surface area (Å²) in [5.74, 6) is 19.1. The molecule has 0 heterocycles. The van der Waals surface area contributed by atoms with Crippen LogP contribution in [0.5, 0.6) is 0 Å². The molecule has 2 N–H and O–H groups in total. The Morgan fingerprint density at radius 2 is 0.981 bits per heavy atom. The van der Waals surface area contributed by atoms with E-state index < -0.39 is 11.2 Å². The molecule has 6 fully saturated rings. The van der Waals surface area contributed by atoms with Gasteiger partial charge in [-0.25, -0.2) is 0 Å².